The van der Waals surface area contributed by atoms with Crippen molar-refractivity contribution in [1.82, 2.24) is 4.57 Å². The van der Waals surface area contributed by atoms with Gasteiger partial charge in [-0.3, -0.25) is 0 Å². The van der Waals surface area contributed by atoms with E-state index in [2.05, 4.69) is 60.1 Å². The van der Waals surface area contributed by atoms with Gasteiger partial charge in [0.1, 0.15) is 22.3 Å². The fourth-order valence-corrected chi connectivity index (χ4v) is 4.64. The van der Waals surface area contributed by atoms with Crippen molar-refractivity contribution in [3.05, 3.63) is 72.8 Å². The van der Waals surface area contributed by atoms with E-state index in [1.165, 1.54) is 21.8 Å². The number of hydrogen-bond donors (Lipinski definition) is 0. The molecule has 0 radical (unpaired) electrons. The molecule has 0 amide bonds. The molecule has 3 nitrogen and oxygen atoms in total. The summed E-state index contributed by atoms with van der Waals surface area (Å²) in [5.41, 5.74) is 6.04. The molecular weight excluding hydrogens is 346 g/mol. The largest absolute Gasteiger partial charge is 0.456 e. The molecule has 3 aromatic heterocycles. The van der Waals surface area contributed by atoms with E-state index in [4.69, 9.17) is 8.83 Å². The van der Waals surface area contributed by atoms with Crippen molar-refractivity contribution in [1.29, 1.82) is 0 Å². The highest BCUT2D eigenvalue weighted by molar-refractivity contribution is 6.20. The Morgan fingerprint density at radius 3 is 1.46 bits per heavy atom. The Morgan fingerprint density at radius 1 is 0.500 bits per heavy atom. The normalized spacial score (nSPS) is 12.5. The van der Waals surface area contributed by atoms with Crippen molar-refractivity contribution in [3.8, 4) is 0 Å². The van der Waals surface area contributed by atoms with E-state index in [0.29, 0.717) is 0 Å². The minimum absolute atomic E-state index is 0.925. The van der Waals surface area contributed by atoms with Crippen molar-refractivity contribution in [2.24, 2.45) is 7.05 Å². The van der Waals surface area contributed by atoms with Gasteiger partial charge in [-0.05, 0) is 24.3 Å². The maximum Gasteiger partial charge on any atom is 0.137 e. The molecule has 3 heteroatoms. The summed E-state index contributed by atoms with van der Waals surface area (Å²) in [6.45, 7) is 0. The van der Waals surface area contributed by atoms with Gasteiger partial charge in [-0.15, -0.1) is 0 Å². The summed E-state index contributed by atoms with van der Waals surface area (Å²) in [5, 5.41) is 7.12. The molecule has 0 saturated carbocycles. The van der Waals surface area contributed by atoms with Crippen LogP contribution in [-0.4, -0.2) is 4.57 Å². The highest BCUT2D eigenvalue weighted by Crippen LogP contribution is 2.39. The van der Waals surface area contributed by atoms with E-state index in [9.17, 15) is 0 Å². The van der Waals surface area contributed by atoms with Crippen LogP contribution in [0.25, 0.3) is 65.7 Å². The minimum Gasteiger partial charge on any atom is -0.456 e. The number of aromatic nitrogens is 1. The molecule has 132 valence electrons. The molecule has 0 aliphatic carbocycles. The Bertz CT molecular complexity index is 1600. The summed E-state index contributed by atoms with van der Waals surface area (Å²) in [6, 6.07) is 25.3. The number of rotatable bonds is 0. The van der Waals surface area contributed by atoms with Crippen LogP contribution in [0.2, 0.25) is 0 Å². The molecule has 0 atom stereocenters. The summed E-state index contributed by atoms with van der Waals surface area (Å²) in [4.78, 5) is 0. The van der Waals surface area contributed by atoms with E-state index in [-0.39, 0.29) is 0 Å². The Kier molecular flexibility index (Phi) is 2.44. The molecule has 0 aliphatic rings. The number of nitrogens with zero attached hydrogens (tertiary/aromatic N) is 1. The molecule has 4 aromatic carbocycles. The second kappa shape index (κ2) is 4.76. The molecule has 7 aromatic rings. The molecule has 0 aliphatic heterocycles. The molecule has 0 spiro atoms. The van der Waals surface area contributed by atoms with Gasteiger partial charge >= 0.3 is 0 Å². The molecule has 0 fully saturated rings. The lowest BCUT2D eigenvalue weighted by Crippen LogP contribution is -1.85. The van der Waals surface area contributed by atoms with Crippen molar-refractivity contribution >= 4 is 65.7 Å². The van der Waals surface area contributed by atoms with Crippen LogP contribution in [0.15, 0.2) is 81.6 Å². The Labute approximate surface area is 159 Å². The Morgan fingerprint density at radius 2 is 0.964 bits per heavy atom. The van der Waals surface area contributed by atoms with Gasteiger partial charge in [-0.25, -0.2) is 0 Å². The summed E-state index contributed by atoms with van der Waals surface area (Å²) in [7, 11) is 2.10. The standard InChI is InChI=1S/C25H15NO2/c1-26-20-12-24-18(14-6-2-4-8-22(14)27-24)10-16(20)17-11-19-15-7-3-5-9-23(15)28-25(19)13-21(17)26/h2-13H,1H3. The molecule has 3 heterocycles. The first-order valence-corrected chi connectivity index (χ1v) is 9.43. The van der Waals surface area contributed by atoms with Gasteiger partial charge in [-0.2, -0.15) is 0 Å². The van der Waals surface area contributed by atoms with Crippen LogP contribution in [0.5, 0.6) is 0 Å². The molecule has 0 bridgehead atoms. The molecule has 7 rings (SSSR count). The lowest BCUT2D eigenvalue weighted by Gasteiger charge is -1.97. The van der Waals surface area contributed by atoms with Gasteiger partial charge in [-0.1, -0.05) is 36.4 Å². The highest BCUT2D eigenvalue weighted by atomic mass is 16.3. The van der Waals surface area contributed by atoms with Crippen LogP contribution < -0.4 is 0 Å². The maximum atomic E-state index is 6.10. The van der Waals surface area contributed by atoms with Crippen molar-refractivity contribution in [2.45, 2.75) is 0 Å². The zero-order valence-corrected chi connectivity index (χ0v) is 15.2. The summed E-state index contributed by atoms with van der Waals surface area (Å²) in [5.74, 6) is 0. The number of para-hydroxylation sites is 2. The summed E-state index contributed by atoms with van der Waals surface area (Å²) < 4.78 is 14.4. The number of hydrogen-bond acceptors (Lipinski definition) is 2. The van der Waals surface area contributed by atoms with Gasteiger partial charge < -0.3 is 13.4 Å². The quantitative estimate of drug-likeness (QED) is 0.288. The molecule has 0 unspecified atom stereocenters. The van der Waals surface area contributed by atoms with Gasteiger partial charge in [0.05, 0.1) is 11.0 Å². The van der Waals surface area contributed by atoms with Crippen LogP contribution in [0.1, 0.15) is 0 Å². The van der Waals surface area contributed by atoms with Gasteiger partial charge in [0.15, 0.2) is 0 Å². The number of fused-ring (bicyclic) bond motifs is 9. The van der Waals surface area contributed by atoms with E-state index < -0.39 is 0 Å². The van der Waals surface area contributed by atoms with Crippen LogP contribution in [0, 0.1) is 0 Å². The van der Waals surface area contributed by atoms with Gasteiger partial charge in [0.25, 0.3) is 0 Å². The van der Waals surface area contributed by atoms with Crippen molar-refractivity contribution in [2.75, 3.05) is 0 Å². The summed E-state index contributed by atoms with van der Waals surface area (Å²) in [6.07, 6.45) is 0. The molecular formula is C25H15NO2. The number of benzene rings is 4. The zero-order chi connectivity index (χ0) is 18.4. The maximum absolute atomic E-state index is 6.10. The number of aryl methyl sites for hydroxylation is 1. The van der Waals surface area contributed by atoms with Gasteiger partial charge in [0.2, 0.25) is 0 Å². The third-order valence-corrected chi connectivity index (χ3v) is 6.00. The van der Waals surface area contributed by atoms with Crippen LogP contribution in [-0.2, 0) is 7.05 Å². The fourth-order valence-electron chi connectivity index (χ4n) is 4.64. The lowest BCUT2D eigenvalue weighted by molar-refractivity contribution is 0.669. The van der Waals surface area contributed by atoms with E-state index in [1.807, 2.05) is 24.3 Å². The van der Waals surface area contributed by atoms with Crippen LogP contribution in [0.4, 0.5) is 0 Å². The second-order valence-electron chi connectivity index (χ2n) is 7.49. The van der Waals surface area contributed by atoms with Crippen molar-refractivity contribution < 1.29 is 8.83 Å². The fraction of sp³-hybridized carbons (Fsp3) is 0.0400. The topological polar surface area (TPSA) is 31.2 Å². The predicted octanol–water partition coefficient (Wildman–Crippen LogP) is 7.13. The summed E-state index contributed by atoms with van der Waals surface area (Å²) >= 11 is 0. The second-order valence-corrected chi connectivity index (χ2v) is 7.49. The molecule has 0 N–H and O–H groups in total. The first kappa shape index (κ1) is 14.4. The highest BCUT2D eigenvalue weighted by Gasteiger charge is 2.16. The van der Waals surface area contributed by atoms with Crippen LogP contribution in [0.3, 0.4) is 0 Å². The molecule has 0 saturated heterocycles. The average Bonchev–Trinajstić information content (AvgIpc) is 3.35. The van der Waals surface area contributed by atoms with Crippen molar-refractivity contribution in [3.63, 3.8) is 0 Å². The molecule has 28 heavy (non-hydrogen) atoms. The Balaban J connectivity index is 1.70. The minimum atomic E-state index is 0.925. The number of furan rings is 2. The third-order valence-electron chi connectivity index (χ3n) is 6.00. The average molecular weight is 361 g/mol. The SMILES string of the molecule is Cn1c2cc3oc4ccccc4c3cc2c2cc3c(cc21)oc1ccccc13. The van der Waals surface area contributed by atoms with E-state index in [0.717, 1.165) is 43.9 Å². The zero-order valence-electron chi connectivity index (χ0n) is 15.2. The van der Waals surface area contributed by atoms with E-state index >= 15 is 0 Å². The third kappa shape index (κ3) is 1.65. The van der Waals surface area contributed by atoms with E-state index in [1.54, 1.807) is 0 Å². The first-order chi connectivity index (χ1) is 13.8. The Hall–Kier alpha value is -3.72. The van der Waals surface area contributed by atoms with Gasteiger partial charge in [0, 0.05) is 51.5 Å². The monoisotopic (exact) mass is 361 g/mol. The predicted molar refractivity (Wildman–Crippen MR) is 115 cm³/mol. The lowest BCUT2D eigenvalue weighted by atomic mass is 10.1. The smallest absolute Gasteiger partial charge is 0.137 e. The first-order valence-electron chi connectivity index (χ1n) is 9.43. The van der Waals surface area contributed by atoms with Crippen LogP contribution >= 0.6 is 0 Å².